The van der Waals surface area contributed by atoms with Gasteiger partial charge >= 0.3 is 0 Å². The number of halogens is 1. The minimum absolute atomic E-state index is 0. The summed E-state index contributed by atoms with van der Waals surface area (Å²) in [5, 5.41) is -0.0479. The first-order chi connectivity index (χ1) is 9.97. The molecule has 2 N–H and O–H groups in total. The zero-order chi connectivity index (χ0) is 15.4. The van der Waals surface area contributed by atoms with E-state index in [9.17, 15) is 4.79 Å². The Labute approximate surface area is 144 Å². The highest BCUT2D eigenvalue weighted by atomic mass is 35.5. The fourth-order valence-electron chi connectivity index (χ4n) is 2.83. The third-order valence-corrected chi connectivity index (χ3v) is 5.42. The average Bonchev–Trinajstić information content (AvgIpc) is 2.49. The second-order valence-corrected chi connectivity index (χ2v) is 7.51. The lowest BCUT2D eigenvalue weighted by atomic mass is 9.91. The van der Waals surface area contributed by atoms with Gasteiger partial charge in [0.1, 0.15) is 0 Å². The summed E-state index contributed by atoms with van der Waals surface area (Å²) in [5.41, 5.74) is 7.18. The maximum atomic E-state index is 12.6. The van der Waals surface area contributed by atoms with Gasteiger partial charge in [0.05, 0.1) is 5.25 Å². The van der Waals surface area contributed by atoms with Crippen LogP contribution in [0, 0.1) is 6.92 Å². The maximum absolute atomic E-state index is 12.6. The second-order valence-electron chi connectivity index (χ2n) is 6.09. The number of carbonyl (C=O) groups is 1. The smallest absolute Gasteiger partial charge is 0.235 e. The number of thioether (sulfide) groups is 1. The molecule has 0 aromatic heterocycles. The van der Waals surface area contributed by atoms with E-state index in [2.05, 4.69) is 31.2 Å². The van der Waals surface area contributed by atoms with Gasteiger partial charge in [-0.15, -0.1) is 24.2 Å². The number of nitrogens with two attached hydrogens (primary N) is 1. The topological polar surface area (TPSA) is 46.3 Å². The van der Waals surface area contributed by atoms with Gasteiger partial charge in [0.15, 0.2) is 0 Å². The van der Waals surface area contributed by atoms with Gasteiger partial charge in [0.25, 0.3) is 0 Å². The Morgan fingerprint density at radius 3 is 2.32 bits per heavy atom. The van der Waals surface area contributed by atoms with Crippen molar-refractivity contribution in [3.63, 3.8) is 0 Å². The van der Waals surface area contributed by atoms with Crippen LogP contribution in [0.1, 0.15) is 38.2 Å². The molecule has 0 radical (unpaired) electrons. The van der Waals surface area contributed by atoms with Gasteiger partial charge < -0.3 is 10.6 Å². The molecule has 1 aliphatic carbocycles. The van der Waals surface area contributed by atoms with Crippen molar-refractivity contribution in [1.82, 2.24) is 4.90 Å². The highest BCUT2D eigenvalue weighted by molar-refractivity contribution is 8.00. The summed E-state index contributed by atoms with van der Waals surface area (Å²) in [6.45, 7) is 4.07. The molecular formula is C17H27ClN2OS. The average molecular weight is 343 g/mol. The van der Waals surface area contributed by atoms with E-state index < -0.39 is 0 Å². The van der Waals surface area contributed by atoms with Gasteiger partial charge in [-0.1, -0.05) is 17.7 Å². The summed E-state index contributed by atoms with van der Waals surface area (Å²) in [6, 6.07) is 9.03. The molecule has 1 aromatic rings. The number of benzene rings is 1. The summed E-state index contributed by atoms with van der Waals surface area (Å²) >= 11 is 1.64. The van der Waals surface area contributed by atoms with E-state index in [-0.39, 0.29) is 23.6 Å². The van der Waals surface area contributed by atoms with Crippen molar-refractivity contribution >= 4 is 30.1 Å². The molecule has 3 nitrogen and oxygen atoms in total. The van der Waals surface area contributed by atoms with Gasteiger partial charge in [-0.2, -0.15) is 0 Å². The number of aryl methyl sites for hydroxylation is 1. The first kappa shape index (κ1) is 19.3. The van der Waals surface area contributed by atoms with E-state index in [0.29, 0.717) is 12.1 Å². The number of rotatable bonds is 4. The molecule has 1 fully saturated rings. The van der Waals surface area contributed by atoms with Gasteiger partial charge in [-0.05, 0) is 51.7 Å². The molecule has 0 bridgehead atoms. The van der Waals surface area contributed by atoms with Crippen LogP contribution in [0.5, 0.6) is 0 Å². The van der Waals surface area contributed by atoms with Crippen LogP contribution in [-0.4, -0.2) is 35.2 Å². The molecule has 0 saturated heterocycles. The van der Waals surface area contributed by atoms with Crippen molar-refractivity contribution in [1.29, 1.82) is 0 Å². The van der Waals surface area contributed by atoms with Gasteiger partial charge in [-0.3, -0.25) is 4.79 Å². The predicted octanol–water partition coefficient (Wildman–Crippen LogP) is 3.63. The largest absolute Gasteiger partial charge is 0.342 e. The number of hydrogen-bond acceptors (Lipinski definition) is 3. The molecule has 1 unspecified atom stereocenters. The number of amides is 1. The van der Waals surface area contributed by atoms with Crippen molar-refractivity contribution in [2.75, 3.05) is 7.05 Å². The van der Waals surface area contributed by atoms with Crippen molar-refractivity contribution in [2.24, 2.45) is 5.73 Å². The molecule has 0 heterocycles. The minimum Gasteiger partial charge on any atom is -0.342 e. The molecule has 124 valence electrons. The molecule has 1 aliphatic rings. The predicted molar refractivity (Wildman–Crippen MR) is 96.7 cm³/mol. The summed E-state index contributed by atoms with van der Waals surface area (Å²) < 4.78 is 0. The molecule has 0 aliphatic heterocycles. The summed E-state index contributed by atoms with van der Waals surface area (Å²) in [7, 11) is 1.94. The maximum Gasteiger partial charge on any atom is 0.235 e. The molecule has 1 amide bonds. The van der Waals surface area contributed by atoms with E-state index in [1.165, 1.54) is 5.56 Å². The third kappa shape index (κ3) is 5.18. The van der Waals surface area contributed by atoms with E-state index in [1.54, 1.807) is 11.8 Å². The highest BCUT2D eigenvalue weighted by Crippen LogP contribution is 2.27. The Morgan fingerprint density at radius 2 is 1.77 bits per heavy atom. The molecule has 1 aromatic carbocycles. The fraction of sp³-hybridized carbons (Fsp3) is 0.588. The highest BCUT2D eigenvalue weighted by Gasteiger charge is 2.27. The Balaban J connectivity index is 0.00000242. The van der Waals surface area contributed by atoms with Crippen molar-refractivity contribution in [3.05, 3.63) is 29.8 Å². The Morgan fingerprint density at radius 1 is 1.23 bits per heavy atom. The van der Waals surface area contributed by atoms with Crippen LogP contribution < -0.4 is 5.73 Å². The van der Waals surface area contributed by atoms with Crippen molar-refractivity contribution < 1.29 is 4.79 Å². The quantitative estimate of drug-likeness (QED) is 0.850. The molecular weight excluding hydrogens is 316 g/mol. The Hall–Kier alpha value is -0.710. The van der Waals surface area contributed by atoms with Crippen LogP contribution in [-0.2, 0) is 4.79 Å². The monoisotopic (exact) mass is 342 g/mol. The van der Waals surface area contributed by atoms with Crippen LogP contribution in [0.15, 0.2) is 29.2 Å². The van der Waals surface area contributed by atoms with E-state index in [1.807, 2.05) is 18.9 Å². The molecule has 22 heavy (non-hydrogen) atoms. The lowest BCUT2D eigenvalue weighted by Crippen LogP contribution is -2.44. The SMILES string of the molecule is Cc1ccc(SC(C)C(=O)N(C)C2CCC(N)CC2)cc1.Cl. The third-order valence-electron chi connectivity index (χ3n) is 4.32. The van der Waals surface area contributed by atoms with Crippen LogP contribution in [0.4, 0.5) is 0 Å². The fourth-order valence-corrected chi connectivity index (χ4v) is 3.80. The molecule has 2 rings (SSSR count). The van der Waals surface area contributed by atoms with Crippen LogP contribution >= 0.6 is 24.2 Å². The lowest BCUT2D eigenvalue weighted by Gasteiger charge is -2.34. The second kappa shape index (κ2) is 8.80. The molecule has 1 saturated carbocycles. The zero-order valence-corrected chi connectivity index (χ0v) is 15.3. The van der Waals surface area contributed by atoms with Crippen LogP contribution in [0.25, 0.3) is 0 Å². The number of carbonyl (C=O) groups excluding carboxylic acids is 1. The molecule has 5 heteroatoms. The van der Waals surface area contributed by atoms with Crippen LogP contribution in [0.3, 0.4) is 0 Å². The van der Waals surface area contributed by atoms with Gasteiger partial charge in [0.2, 0.25) is 5.91 Å². The summed E-state index contributed by atoms with van der Waals surface area (Å²) in [6.07, 6.45) is 4.13. The molecule has 0 spiro atoms. The Kier molecular flexibility index (Phi) is 7.74. The van der Waals surface area contributed by atoms with Crippen LogP contribution in [0.2, 0.25) is 0 Å². The number of nitrogens with zero attached hydrogens (tertiary/aromatic N) is 1. The normalized spacial score (nSPS) is 22.5. The Bertz CT molecular complexity index is 472. The first-order valence-electron chi connectivity index (χ1n) is 7.73. The van der Waals surface area contributed by atoms with Crippen molar-refractivity contribution in [3.8, 4) is 0 Å². The number of hydrogen-bond donors (Lipinski definition) is 1. The minimum atomic E-state index is -0.0479. The van der Waals surface area contributed by atoms with E-state index in [4.69, 9.17) is 5.73 Å². The first-order valence-corrected chi connectivity index (χ1v) is 8.61. The summed E-state index contributed by atoms with van der Waals surface area (Å²) in [5.74, 6) is 0.223. The summed E-state index contributed by atoms with van der Waals surface area (Å²) in [4.78, 5) is 15.7. The standard InChI is InChI=1S/C17H26N2OS.ClH/c1-12-4-10-16(11-5-12)21-13(2)17(20)19(3)15-8-6-14(18)7-9-15;/h4-5,10-11,13-15H,6-9,18H2,1-3H3;1H. The van der Waals surface area contributed by atoms with E-state index in [0.717, 1.165) is 30.6 Å². The van der Waals surface area contributed by atoms with E-state index >= 15 is 0 Å². The van der Waals surface area contributed by atoms with Gasteiger partial charge in [0, 0.05) is 24.0 Å². The molecule has 1 atom stereocenters. The van der Waals surface area contributed by atoms with Crippen molar-refractivity contribution in [2.45, 2.75) is 61.8 Å². The van der Waals surface area contributed by atoms with Gasteiger partial charge in [-0.25, -0.2) is 0 Å². The lowest BCUT2D eigenvalue weighted by molar-refractivity contribution is -0.131. The zero-order valence-electron chi connectivity index (χ0n) is 13.6.